The van der Waals surface area contributed by atoms with Crippen LogP contribution in [0.2, 0.25) is 0 Å². The molecule has 0 aliphatic carbocycles. The summed E-state index contributed by atoms with van der Waals surface area (Å²) in [6.45, 7) is 0. The second-order valence-electron chi connectivity index (χ2n) is 3.67. The quantitative estimate of drug-likeness (QED) is 0.598. The van der Waals surface area contributed by atoms with Crippen LogP contribution in [-0.2, 0) is 10.1 Å². The average Bonchev–Trinajstić information content (AvgIpc) is 2.13. The minimum absolute atomic E-state index is 1.39. The van der Waals surface area contributed by atoms with Crippen LogP contribution in [0.15, 0.2) is 0 Å². The molecule has 0 aliphatic heterocycles. The summed E-state index contributed by atoms with van der Waals surface area (Å²) < 4.78 is 113. The van der Waals surface area contributed by atoms with Gasteiger partial charge in [0.05, 0.1) is 0 Å². The molecule has 0 aromatic heterocycles. The van der Waals surface area contributed by atoms with E-state index >= 15 is 0 Å². The molecular formula is C8H14F7NO3S. The lowest BCUT2D eigenvalue weighted by Crippen LogP contribution is -2.46. The monoisotopic (exact) mass is 337 g/mol. The van der Waals surface area contributed by atoms with Gasteiger partial charge in [-0.1, -0.05) is 0 Å². The number of rotatable bonds is 5. The van der Waals surface area contributed by atoms with Gasteiger partial charge in [-0.3, -0.25) is 4.55 Å². The van der Waals surface area contributed by atoms with Crippen LogP contribution in [0, 0.1) is 0 Å². The lowest BCUT2D eigenvalue weighted by atomic mass is 10.1. The van der Waals surface area contributed by atoms with Crippen LogP contribution in [-0.4, -0.2) is 44.4 Å². The van der Waals surface area contributed by atoms with Crippen molar-refractivity contribution in [3.63, 3.8) is 0 Å². The Morgan fingerprint density at radius 1 is 0.950 bits per heavy atom. The smallest absolute Gasteiger partial charge is 0.323 e. The number of hydrogen-bond donors (Lipinski definition) is 2. The van der Waals surface area contributed by atoms with Gasteiger partial charge in [-0.05, 0) is 20.5 Å². The van der Waals surface area contributed by atoms with Gasteiger partial charge in [0.15, 0.2) is 0 Å². The fourth-order valence-electron chi connectivity index (χ4n) is 0.845. The van der Waals surface area contributed by atoms with Crippen LogP contribution < -0.4 is 5.32 Å². The highest BCUT2D eigenvalue weighted by atomic mass is 32.2. The van der Waals surface area contributed by atoms with Gasteiger partial charge in [-0.2, -0.15) is 39.2 Å². The Morgan fingerprint density at radius 2 is 1.30 bits per heavy atom. The molecule has 0 heterocycles. The van der Waals surface area contributed by atoms with E-state index in [4.69, 9.17) is 4.55 Å². The largest absolute Gasteiger partial charge is 0.431 e. The summed E-state index contributed by atoms with van der Waals surface area (Å²) in [5.41, 5.74) is 0. The predicted octanol–water partition coefficient (Wildman–Crippen LogP) is 2.67. The predicted molar refractivity (Wildman–Crippen MR) is 56.3 cm³/mol. The summed E-state index contributed by atoms with van der Waals surface area (Å²) in [4.78, 5) is 0. The Balaban J connectivity index is 0. The zero-order valence-electron chi connectivity index (χ0n) is 10.4. The topological polar surface area (TPSA) is 66.4 Å². The van der Waals surface area contributed by atoms with E-state index in [1.165, 1.54) is 0 Å². The van der Waals surface area contributed by atoms with Crippen molar-refractivity contribution < 1.29 is 43.7 Å². The molecule has 0 aliphatic rings. The average molecular weight is 337 g/mol. The van der Waals surface area contributed by atoms with Crippen molar-refractivity contribution in [1.29, 1.82) is 0 Å². The summed E-state index contributed by atoms with van der Waals surface area (Å²) in [5, 5.41) is -3.06. The molecule has 0 aromatic rings. The van der Waals surface area contributed by atoms with Gasteiger partial charge in [0.25, 0.3) is 0 Å². The Morgan fingerprint density at radius 3 is 1.55 bits per heavy atom. The van der Waals surface area contributed by atoms with Gasteiger partial charge in [-0.25, -0.2) is 0 Å². The Labute approximate surface area is 111 Å². The zero-order valence-corrected chi connectivity index (χ0v) is 11.3. The Hall–Kier alpha value is -0.620. The minimum atomic E-state index is -6.39. The highest BCUT2D eigenvalue weighted by Crippen LogP contribution is 2.42. The van der Waals surface area contributed by atoms with Gasteiger partial charge in [0.1, 0.15) is 0 Å². The van der Waals surface area contributed by atoms with E-state index in [-0.39, 0.29) is 0 Å². The first-order chi connectivity index (χ1) is 8.62. The number of hydrogen-bond acceptors (Lipinski definition) is 3. The van der Waals surface area contributed by atoms with Crippen molar-refractivity contribution in [2.24, 2.45) is 0 Å². The first kappa shape index (κ1) is 21.7. The van der Waals surface area contributed by atoms with Crippen molar-refractivity contribution in [2.75, 3.05) is 14.1 Å². The maximum absolute atomic E-state index is 12.6. The highest BCUT2D eigenvalue weighted by Gasteiger charge is 2.65. The van der Waals surface area contributed by atoms with E-state index in [1.54, 1.807) is 0 Å². The molecule has 0 fully saturated rings. The molecule has 0 bridgehead atoms. The van der Waals surface area contributed by atoms with Gasteiger partial charge in [-0.15, -0.1) is 0 Å². The van der Waals surface area contributed by atoms with E-state index in [1.807, 2.05) is 14.1 Å². The number of alkyl halides is 7. The van der Waals surface area contributed by atoms with Crippen LogP contribution in [0.3, 0.4) is 0 Å². The molecule has 0 saturated heterocycles. The molecule has 0 radical (unpaired) electrons. The van der Waals surface area contributed by atoms with Crippen LogP contribution in [0.4, 0.5) is 30.7 Å². The lowest BCUT2D eigenvalue weighted by molar-refractivity contribution is -0.173. The second kappa shape index (κ2) is 7.41. The van der Waals surface area contributed by atoms with Gasteiger partial charge in [0.2, 0.25) is 0 Å². The Bertz CT molecular complexity index is 380. The molecule has 0 amide bonds. The molecule has 124 valence electrons. The maximum Gasteiger partial charge on any atom is 0.431 e. The maximum atomic E-state index is 12.6. The lowest BCUT2D eigenvalue weighted by Gasteiger charge is -2.23. The fourth-order valence-corrected chi connectivity index (χ4v) is 1.32. The van der Waals surface area contributed by atoms with E-state index in [9.17, 15) is 39.2 Å². The molecular weight excluding hydrogens is 323 g/mol. The SMILES string of the molecule is CNC.O=S(=O)(O)C(F)(F)C(F)(F)CCCC(F)(F)F. The molecule has 0 rings (SSSR count). The van der Waals surface area contributed by atoms with Gasteiger partial charge in [0, 0.05) is 12.8 Å². The van der Waals surface area contributed by atoms with Crippen LogP contribution >= 0.6 is 0 Å². The van der Waals surface area contributed by atoms with E-state index in [0.29, 0.717) is 0 Å². The highest BCUT2D eigenvalue weighted by molar-refractivity contribution is 7.87. The van der Waals surface area contributed by atoms with Crippen LogP contribution in [0.5, 0.6) is 0 Å². The molecule has 4 nitrogen and oxygen atoms in total. The normalized spacial score (nSPS) is 13.7. The molecule has 0 aromatic carbocycles. The van der Waals surface area contributed by atoms with Crippen LogP contribution in [0.25, 0.3) is 0 Å². The zero-order chi connectivity index (χ0) is 16.8. The van der Waals surface area contributed by atoms with Crippen molar-refractivity contribution in [2.45, 2.75) is 36.6 Å². The van der Waals surface area contributed by atoms with Crippen molar-refractivity contribution in [1.82, 2.24) is 5.32 Å². The van der Waals surface area contributed by atoms with Crippen molar-refractivity contribution in [3.05, 3.63) is 0 Å². The summed E-state index contributed by atoms with van der Waals surface area (Å²) in [6.07, 6.45) is -9.98. The van der Waals surface area contributed by atoms with Gasteiger partial charge >= 0.3 is 27.5 Å². The third kappa shape index (κ3) is 7.24. The van der Waals surface area contributed by atoms with Crippen LogP contribution in [0.1, 0.15) is 19.3 Å². The van der Waals surface area contributed by atoms with Crippen molar-refractivity contribution in [3.8, 4) is 0 Å². The summed E-state index contributed by atoms with van der Waals surface area (Å²) >= 11 is 0. The molecule has 0 spiro atoms. The van der Waals surface area contributed by atoms with E-state index in [0.717, 1.165) is 0 Å². The van der Waals surface area contributed by atoms with E-state index in [2.05, 4.69) is 5.32 Å². The summed E-state index contributed by atoms with van der Waals surface area (Å²) in [5.74, 6) is -5.27. The summed E-state index contributed by atoms with van der Waals surface area (Å²) in [6, 6.07) is 0. The first-order valence-electron chi connectivity index (χ1n) is 5.00. The molecule has 2 N–H and O–H groups in total. The summed E-state index contributed by atoms with van der Waals surface area (Å²) in [7, 11) is -2.64. The molecule has 12 heteroatoms. The Kier molecular flexibility index (Phi) is 8.03. The molecule has 0 unspecified atom stereocenters. The molecule has 0 saturated carbocycles. The number of halogens is 7. The first-order valence-corrected chi connectivity index (χ1v) is 6.44. The molecule has 0 atom stereocenters. The molecule has 20 heavy (non-hydrogen) atoms. The fraction of sp³-hybridized carbons (Fsp3) is 1.00. The minimum Gasteiger partial charge on any atom is -0.323 e. The van der Waals surface area contributed by atoms with Crippen molar-refractivity contribution >= 4 is 10.1 Å². The van der Waals surface area contributed by atoms with E-state index < -0.39 is 46.7 Å². The second-order valence-corrected chi connectivity index (χ2v) is 5.13. The standard InChI is InChI=1S/C6H7F7O3S.C2H7N/c7-4(8,2-1-3-5(9,10)11)6(12,13)17(14,15)16;1-3-2/h1-3H2,(H,14,15,16);3H,1-2H3. The third-order valence-electron chi connectivity index (χ3n) is 1.70. The third-order valence-corrected chi connectivity index (χ3v) is 2.65. The van der Waals surface area contributed by atoms with Gasteiger partial charge < -0.3 is 5.32 Å². The number of nitrogens with one attached hydrogen (secondary N) is 1.